The molecule has 7 heteroatoms. The molecule has 0 atom stereocenters. The molecule has 0 saturated heterocycles. The summed E-state index contributed by atoms with van der Waals surface area (Å²) >= 11 is 0. The smallest absolute Gasteiger partial charge is 0.402 e. The molecule has 0 bridgehead atoms. The van der Waals surface area contributed by atoms with Gasteiger partial charge in [-0.15, -0.1) is 0 Å². The van der Waals surface area contributed by atoms with E-state index < -0.39 is 7.32 Å². The van der Waals surface area contributed by atoms with Crippen LogP contribution in [0.3, 0.4) is 0 Å². The van der Waals surface area contributed by atoms with E-state index in [9.17, 15) is 0 Å². The predicted octanol–water partition coefficient (Wildman–Crippen LogP) is 8.28. The van der Waals surface area contributed by atoms with Crippen LogP contribution < -0.4 is 0 Å². The van der Waals surface area contributed by atoms with Gasteiger partial charge in [0.2, 0.25) is 0 Å². The van der Waals surface area contributed by atoms with Crippen LogP contribution in [0.4, 0.5) is 0 Å². The third-order valence-electron chi connectivity index (χ3n) is 6.27. The maximum absolute atomic E-state index is 7.17. The van der Waals surface area contributed by atoms with Crippen LogP contribution in [0.5, 0.6) is 0 Å². The van der Waals surface area contributed by atoms with Crippen LogP contribution in [-0.4, -0.2) is 48.8 Å². The Morgan fingerprint density at radius 3 is 0.471 bits per heavy atom. The largest absolute Gasteiger partial charge is 0.631 e. The van der Waals surface area contributed by atoms with Gasteiger partial charge in [-0.3, -0.25) is 0 Å². The van der Waals surface area contributed by atoms with E-state index in [0.29, 0.717) is 0 Å². The van der Waals surface area contributed by atoms with Crippen molar-refractivity contribution in [2.45, 2.75) is 174 Å². The molecule has 0 heterocycles. The molecule has 3 N–H and O–H groups in total. The zero-order valence-electron chi connectivity index (χ0n) is 25.4. The molecule has 0 unspecified atom stereocenters. The zero-order chi connectivity index (χ0) is 27.0. The summed E-state index contributed by atoms with van der Waals surface area (Å²) in [5, 5.41) is 21.5. The topological polar surface area (TPSA) is 60.7 Å². The van der Waals surface area contributed by atoms with E-state index in [1.807, 2.05) is 0 Å². The number of rotatable bonds is 18. The SMILES string of the molecule is CCC[SiH](CCC)CCC.CCC[SiH](CCC)CCC.CCC[SiH](CCC)CCC.OB(O)O. The van der Waals surface area contributed by atoms with Crippen LogP contribution in [-0.2, 0) is 0 Å². The van der Waals surface area contributed by atoms with Crippen LogP contribution in [0, 0.1) is 0 Å². The molecule has 0 aromatic carbocycles. The Balaban J connectivity index is -0.000000184. The summed E-state index contributed by atoms with van der Waals surface area (Å²) in [5.74, 6) is 0. The molecule has 0 saturated carbocycles. The number of hydrogen-bond donors (Lipinski definition) is 3. The van der Waals surface area contributed by atoms with Crippen LogP contribution >= 0.6 is 0 Å². The molecule has 0 spiro atoms. The molecule has 210 valence electrons. The van der Waals surface area contributed by atoms with E-state index in [0.717, 1.165) is 0 Å². The van der Waals surface area contributed by atoms with Gasteiger partial charge < -0.3 is 15.1 Å². The second-order valence-corrected chi connectivity index (χ2v) is 20.4. The van der Waals surface area contributed by atoms with Gasteiger partial charge in [-0.1, -0.05) is 174 Å². The first-order valence-electron chi connectivity index (χ1n) is 15.3. The van der Waals surface area contributed by atoms with Crippen LogP contribution in [0.15, 0.2) is 0 Å². The second-order valence-electron chi connectivity index (χ2n) is 10.0. The maximum atomic E-state index is 7.17. The molecule has 0 aliphatic heterocycles. The van der Waals surface area contributed by atoms with Crippen LogP contribution in [0.2, 0.25) is 54.4 Å². The monoisotopic (exact) mass is 536 g/mol. The minimum Gasteiger partial charge on any atom is -0.402 e. The molecule has 0 fully saturated rings. The third kappa shape index (κ3) is 42.7. The van der Waals surface area contributed by atoms with Gasteiger partial charge in [-0.2, -0.15) is 0 Å². The standard InChI is InChI=1S/3C9H22Si.BH3O3/c3*1-4-7-10(8-5-2)9-6-3;2-1(3)4/h3*10H,4-9H2,1-3H3;2-4H. The average Bonchev–Trinajstić information content (AvgIpc) is 2.76. The molecular formula is C27H69BO3Si3. The third-order valence-corrected chi connectivity index (χ3v) is 18.8. The van der Waals surface area contributed by atoms with Crippen molar-refractivity contribution in [3.05, 3.63) is 0 Å². The lowest BCUT2D eigenvalue weighted by molar-refractivity contribution is 0.278. The fourth-order valence-corrected chi connectivity index (χ4v) is 14.9. The van der Waals surface area contributed by atoms with Gasteiger partial charge in [0.1, 0.15) is 0 Å². The summed E-state index contributed by atoms with van der Waals surface area (Å²) in [6.07, 6.45) is 12.8. The Kier molecular flexibility index (Phi) is 46.8. The van der Waals surface area contributed by atoms with Crippen molar-refractivity contribution in [2.24, 2.45) is 0 Å². The second kappa shape index (κ2) is 38.1. The summed E-state index contributed by atoms with van der Waals surface area (Å²) in [6.45, 7) is 20.9. The molecule has 0 aromatic heterocycles. The minimum absolute atomic E-state index is 0.234. The Bertz CT molecular complexity index is 239. The van der Waals surface area contributed by atoms with E-state index in [1.54, 1.807) is 54.4 Å². The van der Waals surface area contributed by atoms with Gasteiger partial charge >= 0.3 is 7.32 Å². The predicted molar refractivity (Wildman–Crippen MR) is 170 cm³/mol. The average molecular weight is 537 g/mol. The zero-order valence-corrected chi connectivity index (χ0v) is 28.8. The molecule has 0 aliphatic carbocycles. The maximum Gasteiger partial charge on any atom is 0.631 e. The Morgan fingerprint density at radius 2 is 0.412 bits per heavy atom. The van der Waals surface area contributed by atoms with E-state index in [2.05, 4.69) is 62.3 Å². The summed E-state index contributed by atoms with van der Waals surface area (Å²) in [6, 6.07) is 14.3. The molecule has 0 amide bonds. The summed E-state index contributed by atoms with van der Waals surface area (Å²) in [4.78, 5) is 0. The molecule has 0 aliphatic rings. The fourth-order valence-electron chi connectivity index (χ4n) is 4.97. The van der Waals surface area contributed by atoms with E-state index in [4.69, 9.17) is 15.1 Å². The van der Waals surface area contributed by atoms with Crippen LogP contribution in [0.1, 0.15) is 120 Å². The molecular weight excluding hydrogens is 467 g/mol. The highest BCUT2D eigenvalue weighted by Gasteiger charge is 2.07. The van der Waals surface area contributed by atoms with Crippen molar-refractivity contribution in [3.63, 3.8) is 0 Å². The van der Waals surface area contributed by atoms with Crippen molar-refractivity contribution in [3.8, 4) is 0 Å². The minimum atomic E-state index is -2.17. The van der Waals surface area contributed by atoms with Crippen molar-refractivity contribution >= 4 is 33.7 Å². The molecule has 0 rings (SSSR count). The normalized spacial score (nSPS) is 10.3. The summed E-state index contributed by atoms with van der Waals surface area (Å²) in [5.41, 5.74) is 0. The van der Waals surface area contributed by atoms with Gasteiger partial charge in [0, 0.05) is 26.4 Å². The van der Waals surface area contributed by atoms with E-state index in [-0.39, 0.29) is 26.4 Å². The fraction of sp³-hybridized carbons (Fsp3) is 1.00. The van der Waals surface area contributed by atoms with Crippen molar-refractivity contribution in [1.82, 2.24) is 0 Å². The van der Waals surface area contributed by atoms with Crippen molar-refractivity contribution < 1.29 is 15.1 Å². The van der Waals surface area contributed by atoms with E-state index in [1.165, 1.54) is 57.8 Å². The molecule has 0 aromatic rings. The Hall–Kier alpha value is 0.596. The summed E-state index contributed by atoms with van der Waals surface area (Å²) < 4.78 is 0. The van der Waals surface area contributed by atoms with Gasteiger partial charge in [0.05, 0.1) is 0 Å². The lowest BCUT2D eigenvalue weighted by Crippen LogP contribution is -2.09. The first-order valence-corrected chi connectivity index (χ1v) is 22.7. The van der Waals surface area contributed by atoms with Crippen molar-refractivity contribution in [2.75, 3.05) is 0 Å². The highest BCUT2D eigenvalue weighted by Crippen LogP contribution is 2.13. The van der Waals surface area contributed by atoms with Gasteiger partial charge in [0.15, 0.2) is 0 Å². The highest BCUT2D eigenvalue weighted by molar-refractivity contribution is 6.59. The van der Waals surface area contributed by atoms with Crippen LogP contribution in [0.25, 0.3) is 0 Å². The molecule has 34 heavy (non-hydrogen) atoms. The Labute approximate surface area is 222 Å². The van der Waals surface area contributed by atoms with E-state index >= 15 is 0 Å². The lowest BCUT2D eigenvalue weighted by atomic mass is 10.3. The first-order chi connectivity index (χ1) is 16.3. The highest BCUT2D eigenvalue weighted by atomic mass is 28.3. The van der Waals surface area contributed by atoms with Gasteiger partial charge in [-0.25, -0.2) is 0 Å². The lowest BCUT2D eigenvalue weighted by Gasteiger charge is -2.10. The first kappa shape index (κ1) is 41.7. The quantitative estimate of drug-likeness (QED) is 0.154. The summed E-state index contributed by atoms with van der Waals surface area (Å²) in [7, 11) is -2.87. The molecule has 3 nitrogen and oxygen atoms in total. The Morgan fingerprint density at radius 1 is 0.324 bits per heavy atom. The van der Waals surface area contributed by atoms with Crippen molar-refractivity contribution in [1.29, 1.82) is 0 Å². The number of hydrogen-bond acceptors (Lipinski definition) is 3. The molecule has 0 radical (unpaired) electrons. The van der Waals surface area contributed by atoms with Gasteiger partial charge in [-0.05, 0) is 0 Å². The van der Waals surface area contributed by atoms with Gasteiger partial charge in [0.25, 0.3) is 0 Å².